The number of phenolic OH excluding ortho intramolecular Hbond substituents is 1. The van der Waals surface area contributed by atoms with Gasteiger partial charge in [-0.3, -0.25) is 14.3 Å². The Labute approximate surface area is 137 Å². The zero-order valence-corrected chi connectivity index (χ0v) is 13.1. The number of nitrogens with one attached hydrogen (secondary N) is 2. The number of rotatable bonds is 6. The molecule has 0 aliphatic heterocycles. The van der Waals surface area contributed by atoms with E-state index in [0.717, 1.165) is 0 Å². The minimum absolute atomic E-state index is 0.00784. The lowest BCUT2D eigenvalue weighted by Gasteiger charge is -2.12. The van der Waals surface area contributed by atoms with Gasteiger partial charge in [0.2, 0.25) is 0 Å². The molecule has 0 saturated carbocycles. The van der Waals surface area contributed by atoms with Crippen molar-refractivity contribution in [2.45, 2.75) is 4.90 Å². The van der Waals surface area contributed by atoms with E-state index in [2.05, 4.69) is 10.0 Å². The van der Waals surface area contributed by atoms with Gasteiger partial charge in [-0.05, 0) is 36.4 Å². The van der Waals surface area contributed by atoms with E-state index < -0.39 is 28.4 Å². The normalized spacial score (nSPS) is 10.8. The van der Waals surface area contributed by atoms with Crippen molar-refractivity contribution in [1.29, 1.82) is 0 Å². The third kappa shape index (κ3) is 4.23. The lowest BCUT2D eigenvalue weighted by atomic mass is 10.1. The molecule has 2 rings (SSSR count). The van der Waals surface area contributed by atoms with Crippen molar-refractivity contribution in [3.05, 3.63) is 54.1 Å². The first-order valence-corrected chi connectivity index (χ1v) is 8.19. The van der Waals surface area contributed by atoms with Crippen LogP contribution in [0.2, 0.25) is 0 Å². The average molecular weight is 350 g/mol. The summed E-state index contributed by atoms with van der Waals surface area (Å²) in [6, 6.07) is 10.7. The molecule has 0 saturated heterocycles. The molecular formula is C15H14N2O6S. The fraction of sp³-hybridized carbons (Fsp3) is 0.0667. The average Bonchev–Trinajstić information content (AvgIpc) is 2.53. The van der Waals surface area contributed by atoms with Crippen molar-refractivity contribution in [3.8, 4) is 5.75 Å². The molecule has 24 heavy (non-hydrogen) atoms. The molecule has 0 aliphatic rings. The van der Waals surface area contributed by atoms with Crippen LogP contribution in [-0.4, -0.2) is 37.1 Å². The highest BCUT2D eigenvalue weighted by Crippen LogP contribution is 2.21. The van der Waals surface area contributed by atoms with Crippen LogP contribution in [0, 0.1) is 0 Å². The summed E-state index contributed by atoms with van der Waals surface area (Å²) in [7, 11) is -3.97. The molecule has 0 fully saturated rings. The quantitative estimate of drug-likeness (QED) is 0.614. The van der Waals surface area contributed by atoms with Gasteiger partial charge in [-0.1, -0.05) is 12.1 Å². The van der Waals surface area contributed by atoms with E-state index >= 15 is 0 Å². The van der Waals surface area contributed by atoms with E-state index in [9.17, 15) is 23.1 Å². The smallest absolute Gasteiger partial charge is 0.322 e. The predicted molar refractivity (Wildman–Crippen MR) is 85.3 cm³/mol. The predicted octanol–water partition coefficient (Wildman–Crippen LogP) is 1.01. The Morgan fingerprint density at radius 2 is 1.62 bits per heavy atom. The van der Waals surface area contributed by atoms with Crippen molar-refractivity contribution in [3.63, 3.8) is 0 Å². The van der Waals surface area contributed by atoms with E-state index in [-0.39, 0.29) is 21.9 Å². The van der Waals surface area contributed by atoms with Gasteiger partial charge in [-0.2, -0.15) is 0 Å². The summed E-state index contributed by atoms with van der Waals surface area (Å²) in [4.78, 5) is 22.4. The summed E-state index contributed by atoms with van der Waals surface area (Å²) < 4.78 is 26.9. The number of carbonyl (C=O) groups excluding carboxylic acids is 1. The second kappa shape index (κ2) is 7.01. The SMILES string of the molecule is O=C(O)CNC(=O)c1ccccc1NS(=O)(=O)c1ccc(O)cc1. The third-order valence-corrected chi connectivity index (χ3v) is 4.34. The minimum atomic E-state index is -3.97. The second-order valence-corrected chi connectivity index (χ2v) is 6.40. The molecule has 0 bridgehead atoms. The van der Waals surface area contributed by atoms with Gasteiger partial charge in [-0.25, -0.2) is 8.42 Å². The monoisotopic (exact) mass is 350 g/mol. The molecular weight excluding hydrogens is 336 g/mol. The zero-order chi connectivity index (χ0) is 17.7. The molecule has 0 aromatic heterocycles. The van der Waals surface area contributed by atoms with Crippen molar-refractivity contribution in [2.75, 3.05) is 11.3 Å². The molecule has 0 atom stereocenters. The molecule has 0 spiro atoms. The van der Waals surface area contributed by atoms with Gasteiger partial charge < -0.3 is 15.5 Å². The summed E-state index contributed by atoms with van der Waals surface area (Å²) in [5.74, 6) is -2.02. The molecule has 8 nitrogen and oxygen atoms in total. The number of aliphatic carboxylic acids is 1. The maximum Gasteiger partial charge on any atom is 0.322 e. The number of phenols is 1. The number of anilines is 1. The van der Waals surface area contributed by atoms with E-state index in [1.165, 1.54) is 48.5 Å². The number of para-hydroxylation sites is 1. The lowest BCUT2D eigenvalue weighted by Crippen LogP contribution is -2.30. The molecule has 0 radical (unpaired) electrons. The molecule has 2 aromatic rings. The molecule has 126 valence electrons. The first-order chi connectivity index (χ1) is 11.3. The Kier molecular flexibility index (Phi) is 5.05. The van der Waals surface area contributed by atoms with Gasteiger partial charge in [0.15, 0.2) is 0 Å². The first kappa shape index (κ1) is 17.3. The highest BCUT2D eigenvalue weighted by molar-refractivity contribution is 7.92. The maximum atomic E-state index is 12.3. The molecule has 4 N–H and O–H groups in total. The van der Waals surface area contributed by atoms with Crippen molar-refractivity contribution in [2.24, 2.45) is 0 Å². The van der Waals surface area contributed by atoms with Crippen LogP contribution >= 0.6 is 0 Å². The number of aromatic hydroxyl groups is 1. The molecule has 9 heteroatoms. The maximum absolute atomic E-state index is 12.3. The number of carboxylic acid groups (broad SMARTS) is 1. The molecule has 0 aliphatic carbocycles. The van der Waals surface area contributed by atoms with Gasteiger partial charge in [-0.15, -0.1) is 0 Å². The fourth-order valence-corrected chi connectivity index (χ4v) is 2.93. The number of sulfonamides is 1. The van der Waals surface area contributed by atoms with E-state index in [1.54, 1.807) is 0 Å². The van der Waals surface area contributed by atoms with Crippen molar-refractivity contribution in [1.82, 2.24) is 5.32 Å². The summed E-state index contributed by atoms with van der Waals surface area (Å²) in [6.07, 6.45) is 0. The first-order valence-electron chi connectivity index (χ1n) is 6.70. The fourth-order valence-electron chi connectivity index (χ4n) is 1.85. The summed E-state index contributed by atoms with van der Waals surface area (Å²) in [5, 5.41) is 20.0. The third-order valence-electron chi connectivity index (χ3n) is 2.96. The van der Waals surface area contributed by atoms with Crippen molar-refractivity contribution < 1.29 is 28.2 Å². The number of hydrogen-bond acceptors (Lipinski definition) is 5. The highest BCUT2D eigenvalue weighted by Gasteiger charge is 2.18. The second-order valence-electron chi connectivity index (χ2n) is 4.72. The number of carbonyl (C=O) groups is 2. The van der Waals surface area contributed by atoms with Crippen LogP contribution in [0.1, 0.15) is 10.4 Å². The topological polar surface area (TPSA) is 133 Å². The lowest BCUT2D eigenvalue weighted by molar-refractivity contribution is -0.135. The van der Waals surface area contributed by atoms with Crippen molar-refractivity contribution >= 4 is 27.6 Å². The number of amides is 1. The van der Waals surface area contributed by atoms with E-state index in [1.807, 2.05) is 0 Å². The summed E-state index contributed by atoms with van der Waals surface area (Å²) in [6.45, 7) is -0.585. The van der Waals surface area contributed by atoms with Gasteiger partial charge in [0, 0.05) is 0 Å². The van der Waals surface area contributed by atoms with Gasteiger partial charge in [0.25, 0.3) is 15.9 Å². The van der Waals surface area contributed by atoms with Crippen LogP contribution < -0.4 is 10.0 Å². The van der Waals surface area contributed by atoms with E-state index in [0.29, 0.717) is 0 Å². The van der Waals surface area contributed by atoms with Crippen LogP contribution in [0.4, 0.5) is 5.69 Å². The Morgan fingerprint density at radius 3 is 2.25 bits per heavy atom. The van der Waals surface area contributed by atoms with Gasteiger partial charge in [0.05, 0.1) is 16.1 Å². The Bertz CT molecular complexity index is 862. The Hall–Kier alpha value is -3.07. The van der Waals surface area contributed by atoms with Crippen LogP contribution in [0.3, 0.4) is 0 Å². The highest BCUT2D eigenvalue weighted by atomic mass is 32.2. The van der Waals surface area contributed by atoms with E-state index in [4.69, 9.17) is 5.11 Å². The van der Waals surface area contributed by atoms with Crippen LogP contribution in [0.25, 0.3) is 0 Å². The van der Waals surface area contributed by atoms with Crippen LogP contribution in [0.5, 0.6) is 5.75 Å². The van der Waals surface area contributed by atoms with Crippen LogP contribution in [0.15, 0.2) is 53.4 Å². The number of benzene rings is 2. The Morgan fingerprint density at radius 1 is 1.00 bits per heavy atom. The molecule has 0 unspecified atom stereocenters. The Balaban J connectivity index is 2.28. The number of hydrogen-bond donors (Lipinski definition) is 4. The van der Waals surface area contributed by atoms with Gasteiger partial charge >= 0.3 is 5.97 Å². The summed E-state index contributed by atoms with van der Waals surface area (Å²) in [5.41, 5.74) is -0.00503. The summed E-state index contributed by atoms with van der Waals surface area (Å²) >= 11 is 0. The van der Waals surface area contributed by atoms with Gasteiger partial charge in [0.1, 0.15) is 12.3 Å². The van der Waals surface area contributed by atoms with Crippen LogP contribution in [-0.2, 0) is 14.8 Å². The molecule has 2 aromatic carbocycles. The minimum Gasteiger partial charge on any atom is -0.508 e. The molecule has 1 amide bonds. The molecule has 0 heterocycles. The number of carboxylic acids is 1. The zero-order valence-electron chi connectivity index (χ0n) is 12.3. The standard InChI is InChI=1S/C15H14N2O6S/c18-10-5-7-11(8-6-10)24(22,23)17-13-4-2-1-3-12(13)15(21)16-9-14(19)20/h1-8,17-18H,9H2,(H,16,21)(H,19,20). The largest absolute Gasteiger partial charge is 0.508 e.